The van der Waals surface area contributed by atoms with E-state index in [1.54, 1.807) is 11.8 Å². The molecule has 0 aliphatic carbocycles. The number of morpholine rings is 1. The monoisotopic (exact) mass is 456 g/mol. The number of ether oxygens (including phenoxy) is 2. The summed E-state index contributed by atoms with van der Waals surface area (Å²) < 4.78 is 10.8. The molecule has 7 heteroatoms. The van der Waals surface area contributed by atoms with E-state index in [4.69, 9.17) is 14.3 Å². The number of carbonyl (C=O) groups excluding carboxylic acids is 1. The maximum atomic E-state index is 12.2. The molecule has 1 aliphatic rings. The number of rotatable bonds is 9. The quantitative estimate of drug-likeness (QED) is 0.243. The molecule has 32 heavy (non-hydrogen) atoms. The molecule has 0 amide bonds. The van der Waals surface area contributed by atoms with Crippen LogP contribution in [0, 0.1) is 6.92 Å². The van der Waals surface area contributed by atoms with Gasteiger partial charge in [0, 0.05) is 23.5 Å². The van der Waals surface area contributed by atoms with Crippen molar-refractivity contribution < 1.29 is 19.1 Å². The number of hydrogen-bond donors (Lipinski definition) is 0. The molecule has 6 nitrogen and oxygen atoms in total. The van der Waals surface area contributed by atoms with Crippen molar-refractivity contribution >= 4 is 23.4 Å². The smallest absolute Gasteiger partial charge is 0.347 e. The zero-order valence-corrected chi connectivity index (χ0v) is 20.1. The molecule has 0 saturated carbocycles. The Morgan fingerprint density at radius 2 is 1.75 bits per heavy atom. The van der Waals surface area contributed by atoms with Crippen molar-refractivity contribution in [2.45, 2.75) is 37.8 Å². The molecule has 0 atom stereocenters. The van der Waals surface area contributed by atoms with Crippen LogP contribution in [-0.2, 0) is 25.7 Å². The van der Waals surface area contributed by atoms with Crippen LogP contribution >= 0.6 is 11.8 Å². The minimum Gasteiger partial charge on any atom is -0.458 e. The van der Waals surface area contributed by atoms with Gasteiger partial charge < -0.3 is 14.3 Å². The average molecular weight is 457 g/mol. The zero-order chi connectivity index (χ0) is 23.0. The highest BCUT2D eigenvalue weighted by atomic mass is 32.2. The van der Waals surface area contributed by atoms with Crippen LogP contribution in [0.1, 0.15) is 30.5 Å². The highest BCUT2D eigenvalue weighted by Crippen LogP contribution is 2.25. The van der Waals surface area contributed by atoms with E-state index in [0.29, 0.717) is 13.2 Å². The van der Waals surface area contributed by atoms with Gasteiger partial charge in [0.2, 0.25) is 6.61 Å². The third kappa shape index (κ3) is 6.58. The first-order valence-corrected chi connectivity index (χ1v) is 12.0. The molecule has 0 spiro atoms. The minimum atomic E-state index is -0.449. The van der Waals surface area contributed by atoms with Gasteiger partial charge in [-0.05, 0) is 44.7 Å². The summed E-state index contributed by atoms with van der Waals surface area (Å²) in [6.45, 7) is 9.25. The van der Waals surface area contributed by atoms with Gasteiger partial charge in [0.15, 0.2) is 0 Å². The molecule has 0 bridgehead atoms. The van der Waals surface area contributed by atoms with Crippen LogP contribution in [0.4, 0.5) is 0 Å². The first kappa shape index (κ1) is 24.3. The number of thioether (sulfide) groups is 1. The van der Waals surface area contributed by atoms with Crippen molar-refractivity contribution in [2.24, 2.45) is 5.16 Å². The molecule has 0 radical (unpaired) electrons. The molecule has 0 aromatic heterocycles. The van der Waals surface area contributed by atoms with Crippen LogP contribution in [-0.4, -0.2) is 61.3 Å². The fourth-order valence-corrected chi connectivity index (χ4v) is 3.99. The Morgan fingerprint density at radius 1 is 1.09 bits per heavy atom. The van der Waals surface area contributed by atoms with Crippen molar-refractivity contribution in [1.29, 1.82) is 0 Å². The molecular formula is C25H32N2O4S. The Balaban J connectivity index is 1.68. The summed E-state index contributed by atoms with van der Waals surface area (Å²) in [6.07, 6.45) is 2.05. The lowest BCUT2D eigenvalue weighted by atomic mass is 9.90. The Labute approximate surface area is 194 Å². The van der Waals surface area contributed by atoms with Gasteiger partial charge >= 0.3 is 5.97 Å². The van der Waals surface area contributed by atoms with E-state index in [-0.39, 0.29) is 13.2 Å². The predicted octanol–water partition coefficient (Wildman–Crippen LogP) is 4.29. The second-order valence-corrected chi connectivity index (χ2v) is 9.13. The topological polar surface area (TPSA) is 60.4 Å². The number of nitrogens with zero attached hydrogens (tertiary/aromatic N) is 2. The van der Waals surface area contributed by atoms with E-state index >= 15 is 0 Å². The van der Waals surface area contributed by atoms with E-state index in [1.807, 2.05) is 49.6 Å². The van der Waals surface area contributed by atoms with Gasteiger partial charge in [-0.3, -0.25) is 4.90 Å². The SMILES string of the molecule is CSc1ccc(/C(=N\OCC(=O)OCc2ccc(C)cc2)C(C)(C)N2CCOCC2)cc1. The van der Waals surface area contributed by atoms with E-state index in [0.717, 1.165) is 29.9 Å². The second-order valence-electron chi connectivity index (χ2n) is 8.25. The van der Waals surface area contributed by atoms with Gasteiger partial charge in [-0.15, -0.1) is 11.8 Å². The number of carbonyl (C=O) groups is 1. The van der Waals surface area contributed by atoms with Crippen LogP contribution in [0.5, 0.6) is 0 Å². The van der Waals surface area contributed by atoms with Crippen molar-refractivity contribution in [3.63, 3.8) is 0 Å². The molecular weight excluding hydrogens is 424 g/mol. The van der Waals surface area contributed by atoms with E-state index in [2.05, 4.69) is 36.0 Å². The largest absolute Gasteiger partial charge is 0.458 e. The summed E-state index contributed by atoms with van der Waals surface area (Å²) in [7, 11) is 0. The molecule has 1 saturated heterocycles. The maximum Gasteiger partial charge on any atom is 0.347 e. The molecule has 2 aromatic rings. The van der Waals surface area contributed by atoms with Crippen molar-refractivity contribution in [1.82, 2.24) is 4.90 Å². The predicted molar refractivity (Wildman–Crippen MR) is 128 cm³/mol. The maximum absolute atomic E-state index is 12.2. The van der Waals surface area contributed by atoms with Gasteiger partial charge in [0.05, 0.1) is 18.8 Å². The highest BCUT2D eigenvalue weighted by molar-refractivity contribution is 7.98. The lowest BCUT2D eigenvalue weighted by Gasteiger charge is -2.41. The first-order chi connectivity index (χ1) is 15.4. The third-order valence-corrected chi connectivity index (χ3v) is 6.35. The number of hydrogen-bond acceptors (Lipinski definition) is 7. The van der Waals surface area contributed by atoms with Gasteiger partial charge in [0.25, 0.3) is 0 Å². The van der Waals surface area contributed by atoms with E-state index in [1.165, 1.54) is 10.5 Å². The molecule has 3 rings (SSSR count). The van der Waals surface area contributed by atoms with Gasteiger partial charge in [-0.1, -0.05) is 47.1 Å². The lowest BCUT2D eigenvalue weighted by molar-refractivity contribution is -0.150. The Hall–Kier alpha value is -2.35. The van der Waals surface area contributed by atoms with Crippen molar-refractivity contribution in [3.8, 4) is 0 Å². The van der Waals surface area contributed by atoms with E-state index in [9.17, 15) is 4.79 Å². The Morgan fingerprint density at radius 3 is 2.38 bits per heavy atom. The van der Waals surface area contributed by atoms with Gasteiger partial charge in [-0.25, -0.2) is 4.79 Å². The van der Waals surface area contributed by atoms with Crippen LogP contribution < -0.4 is 0 Å². The molecule has 172 valence electrons. The molecule has 0 N–H and O–H groups in total. The number of benzene rings is 2. The van der Waals surface area contributed by atoms with Crippen molar-refractivity contribution in [3.05, 3.63) is 65.2 Å². The lowest BCUT2D eigenvalue weighted by Crippen LogP contribution is -2.54. The summed E-state index contributed by atoms with van der Waals surface area (Å²) in [4.78, 5) is 21.2. The average Bonchev–Trinajstić information content (AvgIpc) is 2.82. The van der Waals surface area contributed by atoms with Crippen molar-refractivity contribution in [2.75, 3.05) is 39.2 Å². The van der Waals surface area contributed by atoms with Crippen LogP contribution in [0.3, 0.4) is 0 Å². The highest BCUT2D eigenvalue weighted by Gasteiger charge is 2.35. The van der Waals surface area contributed by atoms with Gasteiger partial charge in [-0.2, -0.15) is 0 Å². The molecule has 1 heterocycles. The standard InChI is InChI=1S/C25H32N2O4S/c1-19-5-7-20(8-6-19)17-30-23(28)18-31-26-24(21-9-11-22(32-4)12-10-21)25(2,3)27-13-15-29-16-14-27/h5-12H,13-18H2,1-4H3/b26-24+. The summed E-state index contributed by atoms with van der Waals surface area (Å²) in [6, 6.07) is 16.1. The van der Waals surface area contributed by atoms with E-state index < -0.39 is 11.5 Å². The minimum absolute atomic E-state index is 0.217. The van der Waals surface area contributed by atoms with Crippen LogP contribution in [0.15, 0.2) is 58.6 Å². The fraction of sp³-hybridized carbons (Fsp3) is 0.440. The summed E-state index contributed by atoms with van der Waals surface area (Å²) in [5, 5.41) is 4.43. The third-order valence-electron chi connectivity index (χ3n) is 5.60. The van der Waals surface area contributed by atoms with Crippen LogP contribution in [0.25, 0.3) is 0 Å². The van der Waals surface area contributed by atoms with Gasteiger partial charge in [0.1, 0.15) is 12.3 Å². The summed E-state index contributed by atoms with van der Waals surface area (Å²) in [5.74, 6) is -0.449. The molecule has 1 aliphatic heterocycles. The first-order valence-electron chi connectivity index (χ1n) is 10.8. The molecule has 2 aromatic carbocycles. The summed E-state index contributed by atoms with van der Waals surface area (Å²) in [5.41, 5.74) is 3.45. The zero-order valence-electron chi connectivity index (χ0n) is 19.3. The van der Waals surface area contributed by atoms with Crippen LogP contribution in [0.2, 0.25) is 0 Å². The molecule has 0 unspecified atom stereocenters. The number of esters is 1. The fourth-order valence-electron chi connectivity index (χ4n) is 3.58. The molecule has 1 fully saturated rings. The summed E-state index contributed by atoms with van der Waals surface area (Å²) >= 11 is 1.69. The number of oxime groups is 1. The normalized spacial score (nSPS) is 15.4. The Bertz CT molecular complexity index is 905. The Kier molecular flexibility index (Phi) is 8.73. The number of aryl methyl sites for hydroxylation is 1. The second kappa shape index (κ2) is 11.5.